The summed E-state index contributed by atoms with van der Waals surface area (Å²) in [7, 11) is 1.65. The number of benzene rings is 3. The van der Waals surface area contributed by atoms with Gasteiger partial charge in [-0.15, -0.1) is 0 Å². The molecule has 7 nitrogen and oxygen atoms in total. The van der Waals surface area contributed by atoms with Crippen LogP contribution in [-0.4, -0.2) is 22.8 Å². The molecule has 8 heteroatoms. The van der Waals surface area contributed by atoms with Crippen molar-refractivity contribution in [3.8, 4) is 17.1 Å². The maximum Gasteiger partial charge on any atom is 0.335 e. The number of methoxy groups -OCH3 is 1. The van der Waals surface area contributed by atoms with Crippen molar-refractivity contribution in [3.63, 3.8) is 0 Å². The Balaban J connectivity index is 1.39. The summed E-state index contributed by atoms with van der Waals surface area (Å²) in [5.41, 5.74) is 5.97. The van der Waals surface area contributed by atoms with Crippen molar-refractivity contribution in [3.05, 3.63) is 138 Å². The summed E-state index contributed by atoms with van der Waals surface area (Å²) >= 11 is 1.33. The fraction of sp³-hybridized carbons (Fsp3) is 0.121. The lowest BCUT2D eigenvalue weighted by atomic mass is 9.83. The van der Waals surface area contributed by atoms with Crippen LogP contribution in [0.5, 0.6) is 5.75 Å². The van der Waals surface area contributed by atoms with Gasteiger partial charge in [-0.05, 0) is 54.3 Å². The normalized spacial score (nSPS) is 16.0. The first kappa shape index (κ1) is 25.0. The summed E-state index contributed by atoms with van der Waals surface area (Å²) in [5.74, 6) is 0.730. The first-order valence-electron chi connectivity index (χ1n) is 13.2. The molecule has 41 heavy (non-hydrogen) atoms. The number of para-hydroxylation sites is 1. The molecule has 2 aliphatic rings. The molecule has 0 fully saturated rings. The second-order valence-corrected chi connectivity index (χ2v) is 11.0. The van der Waals surface area contributed by atoms with Crippen molar-refractivity contribution in [1.82, 2.24) is 4.57 Å². The predicted molar refractivity (Wildman–Crippen MR) is 157 cm³/mol. The largest absolute Gasteiger partial charge is 0.496 e. The SMILES string of the molecule is COc1ccccc1[C@@H]1C2=C(N=c3s/c(=C/c4ccc(-c5cccc(C(=O)O)c5)o4)c(=O)n31)c1ccccc1CC2. The number of ether oxygens (including phenoxy) is 1. The fourth-order valence-electron chi connectivity index (χ4n) is 5.71. The Hall–Kier alpha value is -4.95. The molecule has 0 radical (unpaired) electrons. The number of aromatic nitrogens is 1. The maximum atomic E-state index is 14.0. The average Bonchev–Trinajstić information content (AvgIpc) is 3.60. The van der Waals surface area contributed by atoms with Crippen LogP contribution in [0.3, 0.4) is 0 Å². The second-order valence-electron chi connectivity index (χ2n) is 9.94. The molecular weight excluding hydrogens is 536 g/mol. The third kappa shape index (κ3) is 4.24. The van der Waals surface area contributed by atoms with E-state index in [2.05, 4.69) is 18.2 Å². The predicted octanol–water partition coefficient (Wildman–Crippen LogP) is 5.29. The Bertz CT molecular complexity index is 2060. The van der Waals surface area contributed by atoms with Crippen molar-refractivity contribution >= 4 is 29.1 Å². The quantitative estimate of drug-likeness (QED) is 0.316. The number of rotatable bonds is 5. The van der Waals surface area contributed by atoms with Crippen LogP contribution in [0, 0.1) is 0 Å². The summed E-state index contributed by atoms with van der Waals surface area (Å²) in [5, 5.41) is 9.34. The van der Waals surface area contributed by atoms with Crippen LogP contribution in [0.1, 0.15) is 45.3 Å². The molecule has 7 rings (SSSR count). The molecule has 3 heterocycles. The van der Waals surface area contributed by atoms with Crippen LogP contribution < -0.4 is 19.6 Å². The molecule has 5 aromatic rings. The number of allylic oxidation sites excluding steroid dienone is 1. The third-order valence-electron chi connectivity index (χ3n) is 7.60. The molecule has 1 atom stereocenters. The van der Waals surface area contributed by atoms with Crippen LogP contribution in [0.15, 0.2) is 105 Å². The standard InChI is InChI=1S/C33H24N2O5S/c1-39-27-12-5-4-11-24(27)30-25-15-13-19-7-2-3-10-23(19)29(25)34-33-35(30)31(36)28(41-33)18-22-14-16-26(40-22)20-8-6-9-21(17-20)32(37)38/h2-12,14,16-18,30H,13,15H2,1H3,(H,37,38)/b28-18+/t30-/m1/s1. The highest BCUT2D eigenvalue weighted by atomic mass is 32.1. The smallest absolute Gasteiger partial charge is 0.335 e. The van der Waals surface area contributed by atoms with Gasteiger partial charge in [0.2, 0.25) is 0 Å². The molecule has 0 unspecified atom stereocenters. The number of thiazole rings is 1. The summed E-state index contributed by atoms with van der Waals surface area (Å²) < 4.78 is 14.1. The molecule has 0 saturated heterocycles. The fourth-order valence-corrected chi connectivity index (χ4v) is 6.69. The molecule has 1 aliphatic heterocycles. The number of carboxylic acid groups (broad SMARTS) is 1. The number of aromatic carboxylic acids is 1. The van der Waals surface area contributed by atoms with Gasteiger partial charge in [0, 0.05) is 22.8 Å². The van der Waals surface area contributed by atoms with Crippen LogP contribution in [0.25, 0.3) is 23.1 Å². The van der Waals surface area contributed by atoms with Gasteiger partial charge >= 0.3 is 5.97 Å². The van der Waals surface area contributed by atoms with E-state index in [-0.39, 0.29) is 17.2 Å². The zero-order chi connectivity index (χ0) is 28.1. The van der Waals surface area contributed by atoms with E-state index in [4.69, 9.17) is 14.1 Å². The Morgan fingerprint density at radius 3 is 2.73 bits per heavy atom. The number of hydrogen-bond donors (Lipinski definition) is 1. The van der Waals surface area contributed by atoms with E-state index >= 15 is 0 Å². The highest BCUT2D eigenvalue weighted by Crippen LogP contribution is 2.43. The Morgan fingerprint density at radius 2 is 1.88 bits per heavy atom. The molecule has 1 N–H and O–H groups in total. The van der Waals surface area contributed by atoms with Crippen molar-refractivity contribution in [2.75, 3.05) is 7.11 Å². The van der Waals surface area contributed by atoms with E-state index in [1.165, 1.54) is 23.0 Å². The molecule has 3 aromatic carbocycles. The van der Waals surface area contributed by atoms with Gasteiger partial charge in [0.05, 0.1) is 28.9 Å². The number of furan rings is 1. The van der Waals surface area contributed by atoms with E-state index in [9.17, 15) is 14.7 Å². The van der Waals surface area contributed by atoms with Crippen molar-refractivity contribution < 1.29 is 19.1 Å². The Kier molecular flexibility index (Phi) is 6.05. The number of carbonyl (C=O) groups is 1. The second kappa shape index (κ2) is 9.91. The molecule has 202 valence electrons. The molecule has 0 saturated carbocycles. The van der Waals surface area contributed by atoms with Gasteiger partial charge in [-0.2, -0.15) is 0 Å². The average molecular weight is 561 g/mol. The van der Waals surface area contributed by atoms with Gasteiger partial charge in [-0.1, -0.05) is 65.9 Å². The van der Waals surface area contributed by atoms with E-state index in [1.54, 1.807) is 48.1 Å². The monoisotopic (exact) mass is 560 g/mol. The third-order valence-corrected chi connectivity index (χ3v) is 8.58. The lowest BCUT2D eigenvalue weighted by molar-refractivity contribution is 0.0697. The Labute approximate surface area is 238 Å². The van der Waals surface area contributed by atoms with Gasteiger partial charge < -0.3 is 14.3 Å². The number of carboxylic acids is 1. The van der Waals surface area contributed by atoms with Crippen molar-refractivity contribution in [2.24, 2.45) is 4.99 Å². The highest BCUT2D eigenvalue weighted by Gasteiger charge is 2.34. The topological polar surface area (TPSA) is 94.0 Å². The zero-order valence-corrected chi connectivity index (χ0v) is 22.9. The molecular formula is C33H24N2O5S. The van der Waals surface area contributed by atoms with Crippen LogP contribution >= 0.6 is 11.3 Å². The highest BCUT2D eigenvalue weighted by molar-refractivity contribution is 7.07. The van der Waals surface area contributed by atoms with E-state index in [0.717, 1.165) is 41.0 Å². The Morgan fingerprint density at radius 1 is 1.05 bits per heavy atom. The number of aryl methyl sites for hydroxylation is 1. The van der Waals surface area contributed by atoms with Gasteiger partial charge in [-0.25, -0.2) is 9.79 Å². The molecule has 0 amide bonds. The molecule has 0 spiro atoms. The molecule has 0 bridgehead atoms. The first-order valence-corrected chi connectivity index (χ1v) is 14.0. The number of fused-ring (bicyclic) bond motifs is 3. The van der Waals surface area contributed by atoms with Crippen molar-refractivity contribution in [2.45, 2.75) is 18.9 Å². The van der Waals surface area contributed by atoms with Gasteiger partial charge in [0.25, 0.3) is 5.56 Å². The summed E-state index contributed by atoms with van der Waals surface area (Å²) in [6, 6.07) is 25.9. The van der Waals surface area contributed by atoms with Crippen molar-refractivity contribution in [1.29, 1.82) is 0 Å². The molecule has 2 aromatic heterocycles. The summed E-state index contributed by atoms with van der Waals surface area (Å²) in [6.07, 6.45) is 3.39. The molecule has 1 aliphatic carbocycles. The van der Waals surface area contributed by atoms with Gasteiger partial charge in [-0.3, -0.25) is 9.36 Å². The maximum absolute atomic E-state index is 14.0. The van der Waals surface area contributed by atoms with E-state index < -0.39 is 5.97 Å². The van der Waals surface area contributed by atoms with E-state index in [1.807, 2.05) is 30.3 Å². The van der Waals surface area contributed by atoms with Gasteiger partial charge in [0.1, 0.15) is 17.3 Å². The van der Waals surface area contributed by atoms with E-state index in [0.29, 0.717) is 26.4 Å². The minimum Gasteiger partial charge on any atom is -0.496 e. The minimum absolute atomic E-state index is 0.152. The first-order chi connectivity index (χ1) is 20.0. The van der Waals surface area contributed by atoms with Gasteiger partial charge in [0.15, 0.2) is 4.80 Å². The van der Waals surface area contributed by atoms with Crippen LogP contribution in [0.2, 0.25) is 0 Å². The van der Waals surface area contributed by atoms with Crippen LogP contribution in [-0.2, 0) is 6.42 Å². The summed E-state index contributed by atoms with van der Waals surface area (Å²) in [6.45, 7) is 0. The van der Waals surface area contributed by atoms with Crippen LogP contribution in [0.4, 0.5) is 0 Å². The lowest BCUT2D eigenvalue weighted by Crippen LogP contribution is -2.38. The lowest BCUT2D eigenvalue weighted by Gasteiger charge is -2.31. The summed E-state index contributed by atoms with van der Waals surface area (Å²) in [4.78, 5) is 31.1. The number of hydrogen-bond acceptors (Lipinski definition) is 6. The minimum atomic E-state index is -1.00. The zero-order valence-electron chi connectivity index (χ0n) is 22.0. The number of nitrogens with zero attached hydrogens (tertiary/aromatic N) is 2.